The van der Waals surface area contributed by atoms with Crippen LogP contribution in [-0.2, 0) is 13.5 Å². The molecule has 37 heavy (non-hydrogen) atoms. The number of carbonyl (C=O) groups is 2. The van der Waals surface area contributed by atoms with Crippen LogP contribution in [0.25, 0.3) is 0 Å². The highest BCUT2D eigenvalue weighted by Gasteiger charge is 2.33. The van der Waals surface area contributed by atoms with E-state index in [-0.39, 0.29) is 17.2 Å². The van der Waals surface area contributed by atoms with E-state index in [1.54, 1.807) is 48.5 Å². The maximum absolute atomic E-state index is 13.0. The molecule has 3 aromatic carbocycles. The largest absolute Gasteiger partial charge is 0.501 e. The van der Waals surface area contributed by atoms with Crippen LogP contribution in [0, 0.1) is 0 Å². The zero-order valence-corrected chi connectivity index (χ0v) is 20.0. The van der Waals surface area contributed by atoms with Crippen molar-refractivity contribution >= 4 is 23.5 Å². The predicted octanol–water partition coefficient (Wildman–Crippen LogP) is 3.59. The van der Waals surface area contributed by atoms with Crippen molar-refractivity contribution in [3.8, 4) is 5.75 Å². The van der Waals surface area contributed by atoms with Gasteiger partial charge in [0.25, 0.3) is 11.5 Å². The molecule has 5 rings (SSSR count). The quantitative estimate of drug-likeness (QED) is 0.386. The first-order valence-corrected chi connectivity index (χ1v) is 11.7. The van der Waals surface area contributed by atoms with Gasteiger partial charge in [-0.1, -0.05) is 54.6 Å². The summed E-state index contributed by atoms with van der Waals surface area (Å²) in [6.45, 7) is 0.403. The van der Waals surface area contributed by atoms with Gasteiger partial charge in [-0.15, -0.1) is 0 Å². The number of nitrogens with one attached hydrogen (secondary N) is 1. The van der Waals surface area contributed by atoms with Crippen LogP contribution in [0.4, 0.5) is 11.6 Å². The van der Waals surface area contributed by atoms with Gasteiger partial charge in [-0.2, -0.15) is 0 Å². The zero-order valence-electron chi connectivity index (χ0n) is 20.0. The Bertz CT molecular complexity index is 1550. The van der Waals surface area contributed by atoms with E-state index in [0.717, 1.165) is 16.7 Å². The standard InChI is InChI=1S/C28H24N4O5/c1-31-26(35)24(33)22(25(34)29-20-10-6-3-7-11-20)30-28(31)32-15-14-18-16-19(27(36)37)12-13-21(18)23(32)17-8-4-2-5-9-17/h2-13,16,23,33H,14-15H2,1H3,(H,29,34)(H,36,37). The first kappa shape index (κ1) is 23.8. The lowest BCUT2D eigenvalue weighted by atomic mass is 9.87. The van der Waals surface area contributed by atoms with Crippen molar-refractivity contribution < 1.29 is 19.8 Å². The Kier molecular flexibility index (Phi) is 6.19. The Morgan fingerprint density at radius 1 is 1.00 bits per heavy atom. The molecular weight excluding hydrogens is 472 g/mol. The molecule has 0 fully saturated rings. The molecule has 9 heteroatoms. The topological polar surface area (TPSA) is 125 Å². The first-order valence-electron chi connectivity index (χ1n) is 11.7. The van der Waals surface area contributed by atoms with E-state index in [1.807, 2.05) is 35.2 Å². The highest BCUT2D eigenvalue weighted by atomic mass is 16.4. The molecule has 1 unspecified atom stereocenters. The molecule has 0 saturated carbocycles. The van der Waals surface area contributed by atoms with E-state index in [0.29, 0.717) is 18.7 Å². The summed E-state index contributed by atoms with van der Waals surface area (Å²) in [5.41, 5.74) is 2.25. The Labute approximate surface area is 212 Å². The van der Waals surface area contributed by atoms with Gasteiger partial charge in [0, 0.05) is 19.3 Å². The number of benzene rings is 3. The van der Waals surface area contributed by atoms with Crippen molar-refractivity contribution in [1.82, 2.24) is 9.55 Å². The van der Waals surface area contributed by atoms with Crippen molar-refractivity contribution in [2.45, 2.75) is 12.5 Å². The molecule has 3 N–H and O–H groups in total. The maximum atomic E-state index is 13.0. The van der Waals surface area contributed by atoms with Crippen molar-refractivity contribution in [2.24, 2.45) is 7.05 Å². The SMILES string of the molecule is Cn1c(N2CCc3cc(C(=O)O)ccc3C2c2ccccc2)nc(C(=O)Nc2ccccc2)c(O)c1=O. The molecule has 0 saturated heterocycles. The molecule has 1 aromatic heterocycles. The molecule has 9 nitrogen and oxygen atoms in total. The summed E-state index contributed by atoms with van der Waals surface area (Å²) in [5, 5.41) is 22.7. The van der Waals surface area contributed by atoms with E-state index >= 15 is 0 Å². The minimum Gasteiger partial charge on any atom is -0.501 e. The number of para-hydroxylation sites is 1. The Balaban J connectivity index is 1.63. The average molecular weight is 497 g/mol. The van der Waals surface area contributed by atoms with Crippen LogP contribution < -0.4 is 15.8 Å². The number of carbonyl (C=O) groups excluding carboxylic acids is 1. The molecule has 0 aliphatic carbocycles. The second-order valence-corrected chi connectivity index (χ2v) is 8.77. The molecule has 2 heterocycles. The number of aromatic carboxylic acids is 1. The molecule has 1 aliphatic rings. The number of aromatic hydroxyl groups is 1. The van der Waals surface area contributed by atoms with Gasteiger partial charge >= 0.3 is 5.97 Å². The Morgan fingerprint density at radius 2 is 1.68 bits per heavy atom. The summed E-state index contributed by atoms with van der Waals surface area (Å²) in [5.74, 6) is -2.23. The summed E-state index contributed by atoms with van der Waals surface area (Å²) in [6.07, 6.45) is 0.502. The van der Waals surface area contributed by atoms with E-state index in [9.17, 15) is 24.6 Å². The minimum absolute atomic E-state index is 0.203. The molecule has 1 atom stereocenters. The number of rotatable bonds is 5. The van der Waals surface area contributed by atoms with Crippen molar-refractivity contribution in [3.05, 3.63) is 117 Å². The van der Waals surface area contributed by atoms with Gasteiger partial charge in [-0.25, -0.2) is 9.78 Å². The van der Waals surface area contributed by atoms with Crippen molar-refractivity contribution in [1.29, 1.82) is 0 Å². The van der Waals surface area contributed by atoms with Gasteiger partial charge < -0.3 is 20.4 Å². The third kappa shape index (κ3) is 4.42. The molecule has 4 aromatic rings. The lowest BCUT2D eigenvalue weighted by Crippen LogP contribution is -2.41. The Morgan fingerprint density at radius 3 is 2.35 bits per heavy atom. The summed E-state index contributed by atoms with van der Waals surface area (Å²) >= 11 is 0. The number of fused-ring (bicyclic) bond motifs is 1. The fraction of sp³-hybridized carbons (Fsp3) is 0.143. The van der Waals surface area contributed by atoms with Gasteiger partial charge in [0.2, 0.25) is 11.7 Å². The van der Waals surface area contributed by atoms with Gasteiger partial charge in [-0.05, 0) is 47.4 Å². The van der Waals surface area contributed by atoms with Crippen LogP contribution in [0.5, 0.6) is 5.75 Å². The number of hydrogen-bond donors (Lipinski definition) is 3. The predicted molar refractivity (Wildman–Crippen MR) is 138 cm³/mol. The van der Waals surface area contributed by atoms with Crippen LogP contribution >= 0.6 is 0 Å². The summed E-state index contributed by atoms with van der Waals surface area (Å²) in [4.78, 5) is 44.0. The molecule has 0 radical (unpaired) electrons. The van der Waals surface area contributed by atoms with Gasteiger partial charge in [-0.3, -0.25) is 14.2 Å². The van der Waals surface area contributed by atoms with Crippen molar-refractivity contribution in [3.63, 3.8) is 0 Å². The summed E-state index contributed by atoms with van der Waals surface area (Å²) in [6, 6.07) is 22.9. The average Bonchev–Trinajstić information content (AvgIpc) is 2.92. The number of amides is 1. The van der Waals surface area contributed by atoms with Crippen LogP contribution in [0.3, 0.4) is 0 Å². The number of anilines is 2. The molecule has 1 amide bonds. The van der Waals surface area contributed by atoms with Crippen LogP contribution in [0.2, 0.25) is 0 Å². The number of carboxylic acids is 1. The lowest BCUT2D eigenvalue weighted by Gasteiger charge is -2.39. The fourth-order valence-electron chi connectivity index (χ4n) is 4.68. The van der Waals surface area contributed by atoms with Crippen LogP contribution in [-0.4, -0.2) is 38.2 Å². The third-order valence-corrected chi connectivity index (χ3v) is 6.48. The highest BCUT2D eigenvalue weighted by molar-refractivity contribution is 6.04. The molecule has 186 valence electrons. The second kappa shape index (κ2) is 9.62. The van der Waals surface area contributed by atoms with Crippen LogP contribution in [0.1, 0.15) is 43.6 Å². The van der Waals surface area contributed by atoms with E-state index in [1.165, 1.54) is 11.6 Å². The van der Waals surface area contributed by atoms with Crippen molar-refractivity contribution in [2.75, 3.05) is 16.8 Å². The number of nitrogens with zero attached hydrogens (tertiary/aromatic N) is 3. The summed E-state index contributed by atoms with van der Waals surface area (Å²) < 4.78 is 1.22. The number of aromatic nitrogens is 2. The number of hydrogen-bond acceptors (Lipinski definition) is 6. The van der Waals surface area contributed by atoms with Crippen LogP contribution in [0.15, 0.2) is 83.7 Å². The molecular formula is C28H24N4O5. The van der Waals surface area contributed by atoms with Gasteiger partial charge in [0.1, 0.15) is 0 Å². The molecule has 0 bridgehead atoms. The minimum atomic E-state index is -1.00. The third-order valence-electron chi connectivity index (χ3n) is 6.48. The second-order valence-electron chi connectivity index (χ2n) is 8.77. The molecule has 0 spiro atoms. The Hall–Kier alpha value is -4.92. The van der Waals surface area contributed by atoms with E-state index in [4.69, 9.17) is 0 Å². The smallest absolute Gasteiger partial charge is 0.335 e. The van der Waals surface area contributed by atoms with Gasteiger partial charge in [0.15, 0.2) is 5.69 Å². The van der Waals surface area contributed by atoms with Gasteiger partial charge in [0.05, 0.1) is 11.6 Å². The lowest BCUT2D eigenvalue weighted by molar-refractivity contribution is 0.0696. The highest BCUT2D eigenvalue weighted by Crippen LogP contribution is 2.38. The first-order chi connectivity index (χ1) is 17.8. The van der Waals surface area contributed by atoms with E-state index < -0.39 is 29.2 Å². The van der Waals surface area contributed by atoms with E-state index in [2.05, 4.69) is 10.3 Å². The maximum Gasteiger partial charge on any atom is 0.335 e. The number of carboxylic acid groups (broad SMARTS) is 1. The normalized spacial score (nSPS) is 14.6. The molecule has 1 aliphatic heterocycles. The summed E-state index contributed by atoms with van der Waals surface area (Å²) in [7, 11) is 1.49. The monoisotopic (exact) mass is 496 g/mol. The zero-order chi connectivity index (χ0) is 26.1. The fourth-order valence-corrected chi connectivity index (χ4v) is 4.68.